The Morgan fingerprint density at radius 1 is 0.727 bits per heavy atom. The first kappa shape index (κ1) is 24.7. The molecule has 0 radical (unpaired) electrons. The highest BCUT2D eigenvalue weighted by atomic mass is 35.5. The van der Waals surface area contributed by atoms with Gasteiger partial charge in [0.05, 0.1) is 21.4 Å². The van der Waals surface area contributed by atoms with E-state index in [4.69, 9.17) is 23.2 Å². The van der Waals surface area contributed by atoms with Gasteiger partial charge in [-0.25, -0.2) is 0 Å². The van der Waals surface area contributed by atoms with Crippen LogP contribution in [0.4, 0.5) is 11.4 Å². The van der Waals surface area contributed by atoms with Gasteiger partial charge in [0.2, 0.25) is 0 Å². The van der Waals surface area contributed by atoms with Crippen molar-refractivity contribution in [1.82, 2.24) is 9.80 Å². The molecule has 0 aromatic heterocycles. The maximum atomic E-state index is 6.70. The first-order valence-corrected chi connectivity index (χ1v) is 13.4. The zero-order valence-corrected chi connectivity index (χ0v) is 21.6. The number of nitrogens with zero attached hydrogens (tertiary/aromatic N) is 2. The summed E-state index contributed by atoms with van der Waals surface area (Å²) in [5, 5.41) is 1.50. The molecule has 6 heteroatoms. The molecule has 0 unspecified atom stereocenters. The SMILES string of the molecule is CCCN1CCC(c2cccc(Cl)c2NNc2c(Cl)cccc2C2CCN(CC)CC2)CC1. The third kappa shape index (κ3) is 5.97. The second kappa shape index (κ2) is 11.8. The van der Waals surface area contributed by atoms with Gasteiger partial charge >= 0.3 is 0 Å². The smallest absolute Gasteiger partial charge is 0.0760 e. The van der Waals surface area contributed by atoms with Crippen molar-refractivity contribution < 1.29 is 0 Å². The van der Waals surface area contributed by atoms with E-state index < -0.39 is 0 Å². The van der Waals surface area contributed by atoms with Gasteiger partial charge in [0.15, 0.2) is 0 Å². The molecule has 180 valence electrons. The molecule has 33 heavy (non-hydrogen) atoms. The highest BCUT2D eigenvalue weighted by Gasteiger charge is 2.25. The summed E-state index contributed by atoms with van der Waals surface area (Å²) >= 11 is 13.4. The van der Waals surface area contributed by atoms with Crippen LogP contribution in [-0.4, -0.2) is 49.1 Å². The van der Waals surface area contributed by atoms with E-state index in [1.54, 1.807) is 0 Å². The Labute approximate surface area is 209 Å². The lowest BCUT2D eigenvalue weighted by Crippen LogP contribution is -2.33. The van der Waals surface area contributed by atoms with Crippen molar-refractivity contribution in [1.29, 1.82) is 0 Å². The maximum absolute atomic E-state index is 6.70. The van der Waals surface area contributed by atoms with Crippen molar-refractivity contribution in [3.8, 4) is 0 Å². The van der Waals surface area contributed by atoms with Crippen LogP contribution < -0.4 is 10.9 Å². The molecule has 0 spiro atoms. The molecule has 0 aliphatic carbocycles. The average molecular weight is 490 g/mol. The number of hydrogen-bond donors (Lipinski definition) is 2. The molecule has 2 aliphatic heterocycles. The third-order valence-electron chi connectivity index (χ3n) is 7.45. The Balaban J connectivity index is 1.50. The maximum Gasteiger partial charge on any atom is 0.0760 e. The molecule has 2 N–H and O–H groups in total. The minimum atomic E-state index is 0.518. The molecular formula is C27H38Cl2N4. The fraction of sp³-hybridized carbons (Fsp3) is 0.556. The summed E-state index contributed by atoms with van der Waals surface area (Å²) in [5.41, 5.74) is 11.5. The molecule has 2 aromatic rings. The quantitative estimate of drug-likeness (QED) is 0.383. The second-order valence-electron chi connectivity index (χ2n) is 9.48. The van der Waals surface area contributed by atoms with Crippen LogP contribution in [0.3, 0.4) is 0 Å². The molecule has 2 aliphatic rings. The van der Waals surface area contributed by atoms with Gasteiger partial charge in [-0.3, -0.25) is 10.9 Å². The number of hydrazine groups is 1. The highest BCUT2D eigenvalue weighted by molar-refractivity contribution is 6.34. The van der Waals surface area contributed by atoms with E-state index in [0.717, 1.165) is 67.0 Å². The van der Waals surface area contributed by atoms with Crippen molar-refractivity contribution in [3.63, 3.8) is 0 Å². The lowest BCUT2D eigenvalue weighted by Gasteiger charge is -2.33. The van der Waals surface area contributed by atoms with Crippen molar-refractivity contribution >= 4 is 34.6 Å². The minimum Gasteiger partial charge on any atom is -0.304 e. The normalized spacial score (nSPS) is 19.0. The lowest BCUT2D eigenvalue weighted by molar-refractivity contribution is 0.213. The van der Waals surface area contributed by atoms with Gasteiger partial charge < -0.3 is 9.80 Å². The molecule has 0 amide bonds. The van der Waals surface area contributed by atoms with Crippen LogP contribution in [0.2, 0.25) is 10.0 Å². The Morgan fingerprint density at radius 3 is 1.61 bits per heavy atom. The van der Waals surface area contributed by atoms with Gasteiger partial charge in [0, 0.05) is 0 Å². The number of piperidine rings is 2. The molecular weight excluding hydrogens is 451 g/mol. The molecule has 0 bridgehead atoms. The summed E-state index contributed by atoms with van der Waals surface area (Å²) in [7, 11) is 0. The largest absolute Gasteiger partial charge is 0.304 e. The number of nitrogens with one attached hydrogen (secondary N) is 2. The van der Waals surface area contributed by atoms with E-state index in [-0.39, 0.29) is 0 Å². The zero-order chi connectivity index (χ0) is 23.2. The van der Waals surface area contributed by atoms with Crippen molar-refractivity contribution in [3.05, 3.63) is 57.6 Å². The zero-order valence-electron chi connectivity index (χ0n) is 20.0. The molecule has 4 rings (SSSR count). The van der Waals surface area contributed by atoms with Gasteiger partial charge in [-0.1, -0.05) is 61.3 Å². The molecule has 2 fully saturated rings. The van der Waals surface area contributed by atoms with Crippen LogP contribution in [0.25, 0.3) is 0 Å². The first-order chi connectivity index (χ1) is 16.1. The number of halogens is 2. The van der Waals surface area contributed by atoms with E-state index in [2.05, 4.69) is 58.8 Å². The first-order valence-electron chi connectivity index (χ1n) is 12.6. The van der Waals surface area contributed by atoms with E-state index >= 15 is 0 Å². The number of benzene rings is 2. The second-order valence-corrected chi connectivity index (χ2v) is 10.3. The summed E-state index contributed by atoms with van der Waals surface area (Å²) in [6.07, 6.45) is 5.88. The number of rotatable bonds is 8. The van der Waals surface area contributed by atoms with E-state index in [0.29, 0.717) is 11.8 Å². The van der Waals surface area contributed by atoms with Gasteiger partial charge in [0.1, 0.15) is 0 Å². The number of anilines is 2. The van der Waals surface area contributed by atoms with E-state index in [1.807, 2.05) is 12.1 Å². The summed E-state index contributed by atoms with van der Waals surface area (Å²) in [6, 6.07) is 12.5. The Kier molecular flexibility index (Phi) is 8.81. The van der Waals surface area contributed by atoms with Gasteiger partial charge in [-0.2, -0.15) is 0 Å². The monoisotopic (exact) mass is 488 g/mol. The van der Waals surface area contributed by atoms with E-state index in [9.17, 15) is 0 Å². The predicted octanol–water partition coefficient (Wildman–Crippen LogP) is 7.22. The van der Waals surface area contributed by atoms with E-state index in [1.165, 1.54) is 36.9 Å². The molecule has 4 nitrogen and oxygen atoms in total. The van der Waals surface area contributed by atoms with Gasteiger partial charge in [-0.15, -0.1) is 0 Å². The Morgan fingerprint density at radius 2 is 1.18 bits per heavy atom. The molecule has 0 atom stereocenters. The lowest BCUT2D eigenvalue weighted by atomic mass is 9.88. The molecule has 2 heterocycles. The summed E-state index contributed by atoms with van der Waals surface area (Å²) in [4.78, 5) is 5.10. The van der Waals surface area contributed by atoms with Crippen molar-refractivity contribution in [2.75, 3.05) is 50.1 Å². The van der Waals surface area contributed by atoms with Crippen molar-refractivity contribution in [2.45, 2.75) is 57.8 Å². The van der Waals surface area contributed by atoms with Gasteiger partial charge in [-0.05, 0) is 106 Å². The molecule has 0 saturated carbocycles. The summed E-state index contributed by atoms with van der Waals surface area (Å²) in [5.74, 6) is 1.04. The fourth-order valence-corrected chi connectivity index (χ4v) is 5.95. The van der Waals surface area contributed by atoms with Crippen LogP contribution in [0.15, 0.2) is 36.4 Å². The minimum absolute atomic E-state index is 0.518. The number of likely N-dealkylation sites (tertiary alicyclic amines) is 2. The predicted molar refractivity (Wildman–Crippen MR) is 143 cm³/mol. The Hall–Kier alpha value is -1.46. The summed E-state index contributed by atoms with van der Waals surface area (Å²) < 4.78 is 0. The number of hydrogen-bond acceptors (Lipinski definition) is 4. The van der Waals surface area contributed by atoms with Crippen LogP contribution in [-0.2, 0) is 0 Å². The van der Waals surface area contributed by atoms with Crippen LogP contribution in [0.5, 0.6) is 0 Å². The van der Waals surface area contributed by atoms with Crippen LogP contribution in [0, 0.1) is 0 Å². The fourth-order valence-electron chi connectivity index (χ4n) is 5.49. The third-order valence-corrected chi connectivity index (χ3v) is 8.08. The topological polar surface area (TPSA) is 30.5 Å². The Bertz CT molecular complexity index is 903. The molecule has 2 aromatic carbocycles. The van der Waals surface area contributed by atoms with Gasteiger partial charge in [0.25, 0.3) is 0 Å². The van der Waals surface area contributed by atoms with Crippen LogP contribution in [0.1, 0.15) is 68.9 Å². The average Bonchev–Trinajstić information content (AvgIpc) is 2.84. The van der Waals surface area contributed by atoms with Crippen LogP contribution >= 0.6 is 23.2 Å². The highest BCUT2D eigenvalue weighted by Crippen LogP contribution is 2.39. The standard InChI is InChI=1S/C27H38Cl2N4/c1-3-15-33-18-13-21(14-19-33)23-8-6-10-25(29)27(23)31-30-26-22(7-5-9-24(26)28)20-11-16-32(4-2)17-12-20/h5-10,20-21,30-31H,3-4,11-19H2,1-2H3. The molecule has 2 saturated heterocycles. The number of para-hydroxylation sites is 2. The van der Waals surface area contributed by atoms with Crippen molar-refractivity contribution in [2.24, 2.45) is 0 Å². The summed E-state index contributed by atoms with van der Waals surface area (Å²) in [6.45, 7) is 11.4.